The molecule has 1 aromatic carbocycles. The number of aliphatic imine (C=N–C) groups is 1. The molecule has 0 aromatic heterocycles. The molecule has 140 valence electrons. The fourth-order valence-electron chi connectivity index (χ4n) is 4.40. The van der Waals surface area contributed by atoms with E-state index in [9.17, 15) is 22.8 Å². The summed E-state index contributed by atoms with van der Waals surface area (Å²) in [4.78, 5) is 34.0. The van der Waals surface area contributed by atoms with Crippen molar-refractivity contribution in [2.45, 2.75) is 38.3 Å². The molecule has 2 fully saturated rings. The predicted octanol–water partition coefficient (Wildman–Crippen LogP) is 3.34. The van der Waals surface area contributed by atoms with Crippen molar-refractivity contribution in [3.63, 3.8) is 0 Å². The monoisotopic (exact) mass is 377 g/mol. The first kappa shape index (κ1) is 17.7. The molecule has 3 heterocycles. The van der Waals surface area contributed by atoms with Crippen LogP contribution in [-0.4, -0.2) is 28.9 Å². The SMILES string of the molecule is [C-]#[N+]c1ccc(N2C(=O)C3C(C2=O)C2(C)OC3(C)N=C2C)cc1C(F)(F)F. The molecular weight excluding hydrogens is 363 g/mol. The van der Waals surface area contributed by atoms with E-state index in [0.29, 0.717) is 11.8 Å². The lowest BCUT2D eigenvalue weighted by molar-refractivity contribution is -0.137. The maximum Gasteiger partial charge on any atom is 0.407 e. The average molecular weight is 377 g/mol. The standard InChI is InChI=1S/C18H14F3N3O3/c1-8-16(2)12-13(17(3,23-8)27-16)15(26)24(14(12)25)9-5-6-11(22-4)10(7-9)18(19,20)21/h5-7,12-13H,1-3H3. The molecule has 0 aliphatic carbocycles. The first-order valence-electron chi connectivity index (χ1n) is 8.17. The van der Waals surface area contributed by atoms with Crippen LogP contribution in [0.3, 0.4) is 0 Å². The van der Waals surface area contributed by atoms with Gasteiger partial charge in [0.15, 0.2) is 11.4 Å². The number of carbonyl (C=O) groups is 2. The summed E-state index contributed by atoms with van der Waals surface area (Å²) in [7, 11) is 0. The number of nitrogens with zero attached hydrogens (tertiary/aromatic N) is 3. The number of amides is 2. The zero-order chi connectivity index (χ0) is 19.9. The van der Waals surface area contributed by atoms with Crippen LogP contribution < -0.4 is 4.90 Å². The Labute approximate surface area is 152 Å². The van der Waals surface area contributed by atoms with E-state index in [1.165, 1.54) is 6.07 Å². The van der Waals surface area contributed by atoms with E-state index in [-0.39, 0.29) is 5.69 Å². The minimum atomic E-state index is -4.78. The predicted molar refractivity (Wildman–Crippen MR) is 88.2 cm³/mol. The van der Waals surface area contributed by atoms with Crippen LogP contribution in [0, 0.1) is 18.4 Å². The Balaban J connectivity index is 1.82. The van der Waals surface area contributed by atoms with Gasteiger partial charge in [-0.1, -0.05) is 6.07 Å². The molecule has 3 aliphatic rings. The number of fused-ring (bicyclic) bond motifs is 5. The van der Waals surface area contributed by atoms with Gasteiger partial charge in [0.25, 0.3) is 0 Å². The minimum Gasteiger partial charge on any atom is -0.340 e. The van der Waals surface area contributed by atoms with E-state index in [4.69, 9.17) is 11.3 Å². The van der Waals surface area contributed by atoms with Gasteiger partial charge in [0.1, 0.15) is 11.5 Å². The fraction of sp³-hybridized carbons (Fsp3) is 0.444. The summed E-state index contributed by atoms with van der Waals surface area (Å²) in [6.45, 7) is 11.9. The Morgan fingerprint density at radius 1 is 1.22 bits per heavy atom. The van der Waals surface area contributed by atoms with Crippen molar-refractivity contribution in [3.8, 4) is 0 Å². The lowest BCUT2D eigenvalue weighted by Gasteiger charge is -2.26. The summed E-state index contributed by atoms with van der Waals surface area (Å²) in [5.41, 5.74) is -3.68. The number of ether oxygens (including phenoxy) is 1. The number of benzene rings is 1. The number of anilines is 1. The lowest BCUT2D eigenvalue weighted by atomic mass is 9.76. The summed E-state index contributed by atoms with van der Waals surface area (Å²) < 4.78 is 45.7. The van der Waals surface area contributed by atoms with Crippen LogP contribution in [-0.2, 0) is 20.5 Å². The highest BCUT2D eigenvalue weighted by Gasteiger charge is 2.73. The highest BCUT2D eigenvalue weighted by atomic mass is 19.4. The van der Waals surface area contributed by atoms with Crippen molar-refractivity contribution < 1.29 is 27.5 Å². The molecule has 4 rings (SSSR count). The third kappa shape index (κ3) is 2.07. The van der Waals surface area contributed by atoms with E-state index < -0.39 is 52.4 Å². The number of alkyl halides is 3. The molecular formula is C18H14F3N3O3. The molecule has 2 bridgehead atoms. The van der Waals surface area contributed by atoms with Gasteiger partial charge in [0.05, 0.1) is 18.1 Å². The van der Waals surface area contributed by atoms with Gasteiger partial charge < -0.3 is 4.74 Å². The van der Waals surface area contributed by atoms with Gasteiger partial charge in [-0.2, -0.15) is 13.2 Å². The molecule has 9 heteroatoms. The zero-order valence-corrected chi connectivity index (χ0v) is 14.6. The van der Waals surface area contributed by atoms with Gasteiger partial charge in [-0.25, -0.2) is 9.74 Å². The number of halogens is 3. The first-order valence-corrected chi connectivity index (χ1v) is 8.17. The van der Waals surface area contributed by atoms with Crippen molar-refractivity contribution in [2.75, 3.05) is 4.90 Å². The van der Waals surface area contributed by atoms with Crippen LogP contribution in [0.2, 0.25) is 0 Å². The quantitative estimate of drug-likeness (QED) is 0.557. The largest absolute Gasteiger partial charge is 0.407 e. The van der Waals surface area contributed by atoms with Gasteiger partial charge in [0, 0.05) is 11.4 Å². The third-order valence-corrected chi connectivity index (χ3v) is 5.67. The van der Waals surface area contributed by atoms with Crippen molar-refractivity contribution in [1.82, 2.24) is 0 Å². The lowest BCUT2D eigenvalue weighted by Crippen LogP contribution is -2.44. The van der Waals surface area contributed by atoms with Gasteiger partial charge >= 0.3 is 6.18 Å². The van der Waals surface area contributed by atoms with Crippen molar-refractivity contribution in [1.29, 1.82) is 0 Å². The fourth-order valence-corrected chi connectivity index (χ4v) is 4.40. The van der Waals surface area contributed by atoms with Crippen LogP contribution in [0.25, 0.3) is 4.85 Å². The number of imide groups is 1. The zero-order valence-electron chi connectivity index (χ0n) is 14.6. The molecule has 27 heavy (non-hydrogen) atoms. The summed E-state index contributed by atoms with van der Waals surface area (Å²) >= 11 is 0. The Hall–Kier alpha value is -2.73. The van der Waals surface area contributed by atoms with Crippen molar-refractivity contribution in [2.24, 2.45) is 16.8 Å². The highest BCUT2D eigenvalue weighted by molar-refractivity contribution is 6.25. The van der Waals surface area contributed by atoms with Crippen molar-refractivity contribution in [3.05, 3.63) is 35.2 Å². The number of hydrogen-bond donors (Lipinski definition) is 0. The molecule has 0 spiro atoms. The van der Waals surface area contributed by atoms with Crippen LogP contribution in [0.5, 0.6) is 0 Å². The molecule has 2 saturated heterocycles. The van der Waals surface area contributed by atoms with Crippen LogP contribution in [0.4, 0.5) is 24.5 Å². The van der Waals surface area contributed by atoms with E-state index in [0.717, 1.165) is 11.0 Å². The van der Waals surface area contributed by atoms with Gasteiger partial charge in [-0.05, 0) is 32.9 Å². The van der Waals surface area contributed by atoms with Crippen LogP contribution in [0.15, 0.2) is 23.2 Å². The summed E-state index contributed by atoms with van der Waals surface area (Å²) in [5, 5.41) is 0. The van der Waals surface area contributed by atoms with Gasteiger partial charge in [0.2, 0.25) is 11.8 Å². The van der Waals surface area contributed by atoms with E-state index in [2.05, 4.69) is 9.84 Å². The third-order valence-electron chi connectivity index (χ3n) is 5.67. The Kier molecular flexibility index (Phi) is 3.24. The first-order chi connectivity index (χ1) is 12.4. The maximum atomic E-state index is 13.3. The Bertz CT molecular complexity index is 980. The molecule has 4 unspecified atom stereocenters. The summed E-state index contributed by atoms with van der Waals surface area (Å²) in [6, 6.07) is 2.82. The number of carbonyl (C=O) groups excluding carboxylic acids is 2. The molecule has 0 N–H and O–H groups in total. The second-order valence-electron chi connectivity index (χ2n) is 7.24. The molecule has 3 aliphatic heterocycles. The minimum absolute atomic E-state index is 0.205. The Morgan fingerprint density at radius 3 is 2.44 bits per heavy atom. The second-order valence-corrected chi connectivity index (χ2v) is 7.24. The topological polar surface area (TPSA) is 63.3 Å². The molecule has 0 radical (unpaired) electrons. The van der Waals surface area contributed by atoms with Crippen LogP contribution >= 0.6 is 0 Å². The van der Waals surface area contributed by atoms with Crippen LogP contribution in [0.1, 0.15) is 26.3 Å². The summed E-state index contributed by atoms with van der Waals surface area (Å²) in [6.07, 6.45) is -4.78. The number of hydrogen-bond acceptors (Lipinski definition) is 4. The molecule has 0 saturated carbocycles. The van der Waals surface area contributed by atoms with E-state index in [1.807, 2.05) is 0 Å². The normalized spacial score (nSPS) is 34.7. The number of rotatable bonds is 1. The molecule has 4 atom stereocenters. The van der Waals surface area contributed by atoms with E-state index >= 15 is 0 Å². The van der Waals surface area contributed by atoms with Gasteiger partial charge in [-0.3, -0.25) is 14.6 Å². The molecule has 2 amide bonds. The highest BCUT2D eigenvalue weighted by Crippen LogP contribution is 2.57. The molecule has 6 nitrogen and oxygen atoms in total. The smallest absolute Gasteiger partial charge is 0.340 e. The second kappa shape index (κ2) is 4.95. The van der Waals surface area contributed by atoms with Crippen molar-refractivity contribution >= 4 is 28.9 Å². The van der Waals surface area contributed by atoms with Gasteiger partial charge in [-0.15, -0.1) is 0 Å². The van der Waals surface area contributed by atoms with E-state index in [1.54, 1.807) is 20.8 Å². The average Bonchev–Trinajstić information content (AvgIpc) is 3.07. The molecule has 1 aromatic rings. The summed E-state index contributed by atoms with van der Waals surface area (Å²) in [5.74, 6) is -3.00. The Morgan fingerprint density at radius 2 is 1.85 bits per heavy atom. The maximum absolute atomic E-state index is 13.3.